The predicted octanol–water partition coefficient (Wildman–Crippen LogP) is -1.16. The normalized spacial score (nSPS) is 27.2. The van der Waals surface area contributed by atoms with Crippen molar-refractivity contribution in [2.75, 3.05) is 13.2 Å². The van der Waals surface area contributed by atoms with Gasteiger partial charge in [-0.05, 0) is 6.42 Å². The van der Waals surface area contributed by atoms with E-state index in [-0.39, 0.29) is 31.0 Å². The van der Waals surface area contributed by atoms with Gasteiger partial charge in [-0.2, -0.15) is 0 Å². The Bertz CT molecular complexity index is 313. The van der Waals surface area contributed by atoms with Gasteiger partial charge >= 0.3 is 29.6 Å². The minimum absolute atomic E-state index is 0. The maximum atomic E-state index is 9.84. The number of hydrogen-bond donors (Lipinski definition) is 4. The molecule has 1 heterocycles. The van der Waals surface area contributed by atoms with E-state index in [0.29, 0.717) is 6.61 Å². The second-order valence-electron chi connectivity index (χ2n) is 6.75. The molecule has 1 saturated heterocycles. The molecule has 0 aliphatic carbocycles. The van der Waals surface area contributed by atoms with Crippen LogP contribution in [0.3, 0.4) is 0 Å². The van der Waals surface area contributed by atoms with Gasteiger partial charge in [-0.3, -0.25) is 0 Å². The van der Waals surface area contributed by atoms with Crippen molar-refractivity contribution in [1.29, 1.82) is 0 Å². The molecule has 0 aromatic heterocycles. The van der Waals surface area contributed by atoms with Gasteiger partial charge in [0.15, 0.2) is 6.29 Å². The molecule has 0 bridgehead atoms. The molecule has 5 atom stereocenters. The quantitative estimate of drug-likeness (QED) is 0.227. The second-order valence-corrected chi connectivity index (χ2v) is 6.75. The molecule has 7 heteroatoms. The van der Waals surface area contributed by atoms with Crippen LogP contribution in [-0.4, -0.2) is 64.3 Å². The third kappa shape index (κ3) is 10.0. The van der Waals surface area contributed by atoms with Gasteiger partial charge in [0.2, 0.25) is 0 Å². The Kier molecular flexibility index (Phi) is 16.3. The summed E-state index contributed by atoms with van der Waals surface area (Å²) in [5.74, 6) is 0. The zero-order valence-electron chi connectivity index (χ0n) is 17.0. The van der Waals surface area contributed by atoms with Gasteiger partial charge in [-0.1, -0.05) is 64.7 Å². The summed E-state index contributed by atoms with van der Waals surface area (Å²) < 4.78 is 10.8. The van der Waals surface area contributed by atoms with E-state index in [0.717, 1.165) is 12.8 Å². The van der Waals surface area contributed by atoms with Gasteiger partial charge in [0, 0.05) is 6.61 Å². The monoisotopic (exact) mass is 372 g/mol. The molecule has 4 N–H and O–H groups in total. The summed E-state index contributed by atoms with van der Waals surface area (Å²) in [5.41, 5.74) is 0. The van der Waals surface area contributed by atoms with Gasteiger partial charge < -0.3 is 31.3 Å². The average molecular weight is 372 g/mol. The predicted molar refractivity (Wildman–Crippen MR) is 92.7 cm³/mol. The van der Waals surface area contributed by atoms with Gasteiger partial charge in [0.25, 0.3) is 0 Å². The van der Waals surface area contributed by atoms with Crippen LogP contribution in [0.25, 0.3) is 0 Å². The third-order valence-corrected chi connectivity index (χ3v) is 4.60. The molecule has 1 aliphatic heterocycles. The van der Waals surface area contributed by atoms with Crippen LogP contribution in [0.4, 0.5) is 0 Å². The number of ether oxygens (including phenoxy) is 2. The van der Waals surface area contributed by atoms with E-state index in [1.54, 1.807) is 0 Å². The molecule has 0 spiro atoms. The van der Waals surface area contributed by atoms with E-state index in [1.165, 1.54) is 51.4 Å². The average Bonchev–Trinajstić information content (AvgIpc) is 2.87. The maximum Gasteiger partial charge on any atom is 1.00 e. The Balaban J connectivity index is 0. The number of hydrogen-bond acceptors (Lipinski definition) is 6. The standard InChI is InChI=1S/C18H36O6.Na.H/c1-2-3-4-5-6-7-8-9-10-11-12-23-18-16(22)15(21)17(24-18)14(20)13-19;;/h14-22H,2-13H2,1H3;;/q;+1;-1/t14-,15+,16+,17-,18-;;/m0../s1. The first kappa shape index (κ1) is 25.8. The molecule has 0 radical (unpaired) electrons. The minimum atomic E-state index is -1.25. The number of rotatable bonds is 14. The van der Waals surface area contributed by atoms with Crippen LogP contribution in [0.1, 0.15) is 72.6 Å². The van der Waals surface area contributed by atoms with Crippen LogP contribution in [0.5, 0.6) is 0 Å². The molecule has 6 nitrogen and oxygen atoms in total. The Morgan fingerprint density at radius 2 is 1.44 bits per heavy atom. The van der Waals surface area contributed by atoms with Crippen LogP contribution < -0.4 is 29.6 Å². The van der Waals surface area contributed by atoms with Crippen molar-refractivity contribution in [1.82, 2.24) is 0 Å². The summed E-state index contributed by atoms with van der Waals surface area (Å²) in [6.45, 7) is 2.15. The molecule has 1 aliphatic rings. The first-order valence-electron chi connectivity index (χ1n) is 9.54. The van der Waals surface area contributed by atoms with Crippen molar-refractivity contribution >= 4 is 0 Å². The molecule has 0 aromatic rings. The third-order valence-electron chi connectivity index (χ3n) is 4.60. The minimum Gasteiger partial charge on any atom is -1.00 e. The molecule has 146 valence electrons. The summed E-state index contributed by atoms with van der Waals surface area (Å²) in [5, 5.41) is 38.0. The van der Waals surface area contributed by atoms with Crippen LogP contribution in [0, 0.1) is 0 Å². The fourth-order valence-electron chi connectivity index (χ4n) is 3.02. The first-order valence-corrected chi connectivity index (χ1v) is 9.54. The molecule has 0 unspecified atom stereocenters. The zero-order valence-corrected chi connectivity index (χ0v) is 18.0. The number of aliphatic hydroxyl groups is 4. The van der Waals surface area contributed by atoms with Gasteiger partial charge in [-0.15, -0.1) is 0 Å². The second kappa shape index (κ2) is 15.8. The molecular weight excluding hydrogens is 335 g/mol. The SMILES string of the molecule is CCCCCCCCCCCCO[C@H]1O[C@@H]([C@@H](O)CO)[C@H](O)[C@H]1O.[H-].[Na+]. The number of unbranched alkanes of at least 4 members (excludes halogenated alkanes) is 9. The summed E-state index contributed by atoms with van der Waals surface area (Å²) in [4.78, 5) is 0. The Labute approximate surface area is 175 Å². The smallest absolute Gasteiger partial charge is 1.00 e. The summed E-state index contributed by atoms with van der Waals surface area (Å²) in [6.07, 6.45) is 6.72. The van der Waals surface area contributed by atoms with Crippen molar-refractivity contribution in [3.8, 4) is 0 Å². The Hall–Kier alpha value is 0.760. The topological polar surface area (TPSA) is 99.4 Å². The Morgan fingerprint density at radius 3 is 1.96 bits per heavy atom. The van der Waals surface area contributed by atoms with E-state index in [1.807, 2.05) is 0 Å². The zero-order chi connectivity index (χ0) is 17.8. The van der Waals surface area contributed by atoms with E-state index in [2.05, 4.69) is 6.92 Å². The molecule has 25 heavy (non-hydrogen) atoms. The van der Waals surface area contributed by atoms with Crippen LogP contribution in [-0.2, 0) is 9.47 Å². The summed E-state index contributed by atoms with van der Waals surface area (Å²) in [6, 6.07) is 0. The Morgan fingerprint density at radius 1 is 0.920 bits per heavy atom. The fourth-order valence-corrected chi connectivity index (χ4v) is 3.02. The van der Waals surface area contributed by atoms with E-state index < -0.39 is 37.3 Å². The molecule has 1 rings (SSSR count). The largest absolute Gasteiger partial charge is 1.00 e. The van der Waals surface area contributed by atoms with Crippen molar-refractivity contribution < 1.29 is 60.9 Å². The van der Waals surface area contributed by atoms with Crippen LogP contribution >= 0.6 is 0 Å². The first-order chi connectivity index (χ1) is 11.6. The van der Waals surface area contributed by atoms with Crippen LogP contribution in [0.2, 0.25) is 0 Å². The van der Waals surface area contributed by atoms with Crippen LogP contribution in [0.15, 0.2) is 0 Å². The number of aliphatic hydroxyl groups excluding tert-OH is 4. The molecule has 0 aromatic carbocycles. The molecule has 1 fully saturated rings. The molecule has 0 saturated carbocycles. The maximum absolute atomic E-state index is 9.84. The molecular formula is C18H37NaO6. The van der Waals surface area contributed by atoms with E-state index >= 15 is 0 Å². The van der Waals surface area contributed by atoms with Crippen molar-refractivity contribution in [2.45, 2.75) is 102 Å². The van der Waals surface area contributed by atoms with Gasteiger partial charge in [0.05, 0.1) is 6.61 Å². The van der Waals surface area contributed by atoms with Crippen molar-refractivity contribution in [3.05, 3.63) is 0 Å². The van der Waals surface area contributed by atoms with Crippen molar-refractivity contribution in [3.63, 3.8) is 0 Å². The van der Waals surface area contributed by atoms with E-state index in [9.17, 15) is 15.3 Å². The van der Waals surface area contributed by atoms with Gasteiger partial charge in [-0.25, -0.2) is 0 Å². The summed E-state index contributed by atoms with van der Waals surface area (Å²) in [7, 11) is 0. The van der Waals surface area contributed by atoms with Gasteiger partial charge in [0.1, 0.15) is 24.4 Å². The summed E-state index contributed by atoms with van der Waals surface area (Å²) >= 11 is 0. The fraction of sp³-hybridized carbons (Fsp3) is 1.00. The van der Waals surface area contributed by atoms with Crippen molar-refractivity contribution in [2.24, 2.45) is 0 Å². The van der Waals surface area contributed by atoms with E-state index in [4.69, 9.17) is 14.6 Å². The molecule has 0 amide bonds.